The number of hydrogen-bond acceptors (Lipinski definition) is 2. The van der Waals surface area contributed by atoms with E-state index in [0.29, 0.717) is 13.0 Å². The zero-order chi connectivity index (χ0) is 15.9. The molecule has 2 aromatic carbocycles. The van der Waals surface area contributed by atoms with Gasteiger partial charge in [0.25, 0.3) is 0 Å². The van der Waals surface area contributed by atoms with Crippen molar-refractivity contribution in [3.05, 3.63) is 58.1 Å². The summed E-state index contributed by atoms with van der Waals surface area (Å²) in [4.78, 5) is 12.1. The minimum atomic E-state index is 0.0358. The molecule has 4 heteroatoms. The Morgan fingerprint density at radius 1 is 1.14 bits per heavy atom. The van der Waals surface area contributed by atoms with Crippen LogP contribution in [0, 0.1) is 6.92 Å². The number of para-hydroxylation sites is 1. The van der Waals surface area contributed by atoms with E-state index in [1.165, 1.54) is 5.56 Å². The molecular formula is C18H21BrN2O. The van der Waals surface area contributed by atoms with Crippen LogP contribution >= 0.6 is 15.9 Å². The second-order valence-corrected chi connectivity index (χ2v) is 6.11. The number of halogens is 1. The molecule has 0 bridgehead atoms. The number of carbonyl (C=O) groups is 1. The Morgan fingerprint density at radius 3 is 2.55 bits per heavy atom. The zero-order valence-corrected chi connectivity index (χ0v) is 14.5. The summed E-state index contributed by atoms with van der Waals surface area (Å²) < 4.78 is 1.04. The molecule has 0 unspecified atom stereocenters. The number of aryl methyl sites for hydroxylation is 2. The summed E-state index contributed by atoms with van der Waals surface area (Å²) in [5.41, 5.74) is 4.25. The van der Waals surface area contributed by atoms with E-state index >= 15 is 0 Å². The van der Waals surface area contributed by atoms with Gasteiger partial charge in [0, 0.05) is 28.8 Å². The number of carbonyl (C=O) groups excluding carboxylic acids is 1. The third kappa shape index (κ3) is 4.60. The summed E-state index contributed by atoms with van der Waals surface area (Å²) in [6, 6.07) is 14.0. The first-order valence-electron chi connectivity index (χ1n) is 7.48. The highest BCUT2D eigenvalue weighted by Gasteiger charge is 2.08. The largest absolute Gasteiger partial charge is 0.385 e. The van der Waals surface area contributed by atoms with Crippen molar-refractivity contribution in [3.63, 3.8) is 0 Å². The molecule has 2 rings (SSSR count). The van der Waals surface area contributed by atoms with Crippen LogP contribution in [0.25, 0.3) is 0 Å². The van der Waals surface area contributed by atoms with Crippen LogP contribution in [0.15, 0.2) is 46.9 Å². The third-order valence-corrected chi connectivity index (χ3v) is 4.06. The van der Waals surface area contributed by atoms with Crippen LogP contribution in [0.1, 0.15) is 24.5 Å². The molecule has 0 atom stereocenters. The Hall–Kier alpha value is -1.81. The lowest BCUT2D eigenvalue weighted by Gasteiger charge is -2.13. The molecule has 0 aromatic heterocycles. The van der Waals surface area contributed by atoms with Crippen molar-refractivity contribution < 1.29 is 4.79 Å². The maximum atomic E-state index is 12.1. The van der Waals surface area contributed by atoms with Crippen LogP contribution in [-0.4, -0.2) is 12.5 Å². The molecule has 0 heterocycles. The van der Waals surface area contributed by atoms with Crippen molar-refractivity contribution in [2.75, 3.05) is 17.2 Å². The quantitative estimate of drug-likeness (QED) is 0.779. The Morgan fingerprint density at radius 2 is 1.86 bits per heavy atom. The summed E-state index contributed by atoms with van der Waals surface area (Å²) >= 11 is 3.40. The van der Waals surface area contributed by atoms with Crippen molar-refractivity contribution in [1.82, 2.24) is 0 Å². The van der Waals surface area contributed by atoms with E-state index in [2.05, 4.69) is 39.6 Å². The maximum Gasteiger partial charge on any atom is 0.226 e. The molecule has 0 aliphatic heterocycles. The van der Waals surface area contributed by atoms with Crippen LogP contribution in [-0.2, 0) is 11.2 Å². The van der Waals surface area contributed by atoms with Crippen molar-refractivity contribution in [2.45, 2.75) is 26.7 Å². The molecule has 0 fully saturated rings. The number of benzene rings is 2. The number of anilines is 2. The summed E-state index contributed by atoms with van der Waals surface area (Å²) in [6.45, 7) is 4.73. The molecular weight excluding hydrogens is 340 g/mol. The predicted octanol–water partition coefficient (Wildman–Crippen LogP) is 4.76. The number of hydrogen-bond donors (Lipinski definition) is 2. The van der Waals surface area contributed by atoms with Gasteiger partial charge in [-0.1, -0.05) is 41.1 Å². The molecule has 0 spiro atoms. The van der Waals surface area contributed by atoms with Gasteiger partial charge in [-0.15, -0.1) is 0 Å². The fourth-order valence-electron chi connectivity index (χ4n) is 2.29. The molecule has 2 aromatic rings. The highest BCUT2D eigenvalue weighted by atomic mass is 79.9. The van der Waals surface area contributed by atoms with Crippen LogP contribution < -0.4 is 10.6 Å². The van der Waals surface area contributed by atoms with Gasteiger partial charge in [-0.2, -0.15) is 0 Å². The van der Waals surface area contributed by atoms with Gasteiger partial charge in [-0.05, 0) is 48.7 Å². The van der Waals surface area contributed by atoms with Gasteiger partial charge in [-0.3, -0.25) is 4.79 Å². The van der Waals surface area contributed by atoms with E-state index in [1.807, 2.05) is 43.3 Å². The average molecular weight is 361 g/mol. The fraction of sp³-hybridized carbons (Fsp3) is 0.278. The van der Waals surface area contributed by atoms with E-state index in [0.717, 1.165) is 27.8 Å². The second-order valence-electron chi connectivity index (χ2n) is 5.19. The monoisotopic (exact) mass is 360 g/mol. The van der Waals surface area contributed by atoms with Crippen LogP contribution in [0.3, 0.4) is 0 Å². The van der Waals surface area contributed by atoms with E-state index < -0.39 is 0 Å². The Labute approximate surface area is 140 Å². The molecule has 0 saturated carbocycles. The van der Waals surface area contributed by atoms with Crippen molar-refractivity contribution in [3.8, 4) is 0 Å². The predicted molar refractivity (Wildman–Crippen MR) is 96.4 cm³/mol. The SMILES string of the molecule is CCc1cccc(C)c1NC(=O)CCNc1ccc(Br)cc1. The second kappa shape index (κ2) is 7.99. The Kier molecular flexibility index (Phi) is 6.01. The molecule has 0 radical (unpaired) electrons. The minimum absolute atomic E-state index is 0.0358. The Bertz CT molecular complexity index is 638. The smallest absolute Gasteiger partial charge is 0.226 e. The van der Waals surface area contributed by atoms with Gasteiger partial charge in [0.2, 0.25) is 5.91 Å². The summed E-state index contributed by atoms with van der Waals surface area (Å²) in [5.74, 6) is 0.0358. The lowest BCUT2D eigenvalue weighted by Crippen LogP contribution is -2.17. The first kappa shape index (κ1) is 16.6. The zero-order valence-electron chi connectivity index (χ0n) is 12.9. The number of rotatable bonds is 6. The first-order chi connectivity index (χ1) is 10.6. The number of amides is 1. The molecule has 0 aliphatic carbocycles. The third-order valence-electron chi connectivity index (χ3n) is 3.53. The normalized spacial score (nSPS) is 10.3. The summed E-state index contributed by atoms with van der Waals surface area (Å²) in [7, 11) is 0. The highest BCUT2D eigenvalue weighted by Crippen LogP contribution is 2.21. The van der Waals surface area contributed by atoms with Gasteiger partial charge < -0.3 is 10.6 Å². The van der Waals surface area contributed by atoms with Crippen molar-refractivity contribution in [1.29, 1.82) is 0 Å². The van der Waals surface area contributed by atoms with E-state index in [-0.39, 0.29) is 5.91 Å². The minimum Gasteiger partial charge on any atom is -0.385 e. The Balaban J connectivity index is 1.87. The van der Waals surface area contributed by atoms with Crippen LogP contribution in [0.2, 0.25) is 0 Å². The van der Waals surface area contributed by atoms with E-state index in [1.54, 1.807) is 0 Å². The molecule has 3 nitrogen and oxygen atoms in total. The molecule has 2 N–H and O–H groups in total. The van der Waals surface area contributed by atoms with Gasteiger partial charge in [0.15, 0.2) is 0 Å². The lowest BCUT2D eigenvalue weighted by molar-refractivity contribution is -0.115. The molecule has 1 amide bonds. The molecule has 116 valence electrons. The van der Waals surface area contributed by atoms with E-state index in [4.69, 9.17) is 0 Å². The first-order valence-corrected chi connectivity index (χ1v) is 8.27. The standard InChI is InChI=1S/C18H21BrN2O/c1-3-14-6-4-5-13(2)18(14)21-17(22)11-12-20-16-9-7-15(19)8-10-16/h4-10,20H,3,11-12H2,1-2H3,(H,21,22). The van der Waals surface area contributed by atoms with Gasteiger partial charge in [0.1, 0.15) is 0 Å². The average Bonchev–Trinajstić information content (AvgIpc) is 2.51. The van der Waals surface area contributed by atoms with Gasteiger partial charge in [0.05, 0.1) is 0 Å². The molecule has 0 aliphatic rings. The van der Waals surface area contributed by atoms with Crippen LogP contribution in [0.4, 0.5) is 11.4 Å². The van der Waals surface area contributed by atoms with Crippen LogP contribution in [0.5, 0.6) is 0 Å². The number of nitrogens with one attached hydrogen (secondary N) is 2. The summed E-state index contributed by atoms with van der Waals surface area (Å²) in [6.07, 6.45) is 1.35. The molecule has 22 heavy (non-hydrogen) atoms. The highest BCUT2D eigenvalue weighted by molar-refractivity contribution is 9.10. The van der Waals surface area contributed by atoms with Gasteiger partial charge in [-0.25, -0.2) is 0 Å². The summed E-state index contributed by atoms with van der Waals surface area (Å²) in [5, 5.41) is 6.29. The van der Waals surface area contributed by atoms with Crippen molar-refractivity contribution in [2.24, 2.45) is 0 Å². The fourth-order valence-corrected chi connectivity index (χ4v) is 2.56. The van der Waals surface area contributed by atoms with Crippen molar-refractivity contribution >= 4 is 33.2 Å². The topological polar surface area (TPSA) is 41.1 Å². The molecule has 0 saturated heterocycles. The maximum absolute atomic E-state index is 12.1. The lowest BCUT2D eigenvalue weighted by atomic mass is 10.1. The van der Waals surface area contributed by atoms with E-state index in [9.17, 15) is 4.79 Å². The van der Waals surface area contributed by atoms with Gasteiger partial charge >= 0.3 is 0 Å².